The van der Waals surface area contributed by atoms with Crippen LogP contribution >= 0.6 is 0 Å². The Kier molecular flexibility index (Phi) is 2.68. The number of rotatable bonds is 3. The number of carbonyl (C=O) groups is 1. The summed E-state index contributed by atoms with van der Waals surface area (Å²) in [6.07, 6.45) is 2.77. The monoisotopic (exact) mass is 155 g/mol. The first kappa shape index (κ1) is 7.81. The van der Waals surface area contributed by atoms with E-state index < -0.39 is 0 Å². The standard InChI is InChI=1S/C7H9NO3/c1-8-5-11-7(9)6-2-3-10-4-6/h2-4,8H,5H2,1H3. The molecule has 0 aliphatic heterocycles. The molecule has 60 valence electrons. The molecule has 4 nitrogen and oxygen atoms in total. The van der Waals surface area contributed by atoms with Gasteiger partial charge in [0, 0.05) is 0 Å². The lowest BCUT2D eigenvalue weighted by molar-refractivity contribution is 0.0481. The molecule has 0 unspecified atom stereocenters. The second kappa shape index (κ2) is 3.78. The van der Waals surface area contributed by atoms with Gasteiger partial charge in [0.1, 0.15) is 13.0 Å². The highest BCUT2D eigenvalue weighted by molar-refractivity contribution is 5.88. The Morgan fingerprint density at radius 3 is 3.18 bits per heavy atom. The van der Waals surface area contributed by atoms with E-state index >= 15 is 0 Å². The molecule has 0 aliphatic carbocycles. The van der Waals surface area contributed by atoms with Crippen molar-refractivity contribution in [2.24, 2.45) is 0 Å². The highest BCUT2D eigenvalue weighted by Gasteiger charge is 2.06. The maximum absolute atomic E-state index is 10.9. The SMILES string of the molecule is CNCOC(=O)c1ccoc1. The Bertz CT molecular complexity index is 218. The van der Waals surface area contributed by atoms with Gasteiger partial charge in [-0.2, -0.15) is 0 Å². The zero-order valence-corrected chi connectivity index (χ0v) is 6.16. The van der Waals surface area contributed by atoms with Gasteiger partial charge in [0.25, 0.3) is 0 Å². The van der Waals surface area contributed by atoms with Gasteiger partial charge in [-0.1, -0.05) is 0 Å². The fourth-order valence-electron chi connectivity index (χ4n) is 0.602. The molecule has 0 amide bonds. The van der Waals surface area contributed by atoms with Crippen LogP contribution in [-0.4, -0.2) is 19.7 Å². The van der Waals surface area contributed by atoms with Gasteiger partial charge in [-0.15, -0.1) is 0 Å². The van der Waals surface area contributed by atoms with Crippen molar-refractivity contribution >= 4 is 5.97 Å². The second-order valence-corrected chi connectivity index (χ2v) is 1.94. The van der Waals surface area contributed by atoms with Crippen LogP contribution in [0.15, 0.2) is 23.0 Å². The molecule has 0 spiro atoms. The van der Waals surface area contributed by atoms with Gasteiger partial charge < -0.3 is 9.15 Å². The van der Waals surface area contributed by atoms with E-state index in [9.17, 15) is 4.79 Å². The van der Waals surface area contributed by atoms with Gasteiger partial charge in [-0.05, 0) is 13.1 Å². The third-order valence-corrected chi connectivity index (χ3v) is 1.10. The lowest BCUT2D eigenvalue weighted by Crippen LogP contribution is -2.15. The smallest absolute Gasteiger partial charge is 0.342 e. The minimum absolute atomic E-state index is 0.212. The number of ether oxygens (including phenoxy) is 1. The molecular formula is C7H9NO3. The van der Waals surface area contributed by atoms with E-state index in [0.29, 0.717) is 5.56 Å². The molecule has 1 N–H and O–H groups in total. The maximum Gasteiger partial charge on any atom is 0.342 e. The van der Waals surface area contributed by atoms with Crippen molar-refractivity contribution in [3.63, 3.8) is 0 Å². The number of esters is 1. The van der Waals surface area contributed by atoms with E-state index in [4.69, 9.17) is 9.15 Å². The Hall–Kier alpha value is -1.29. The van der Waals surface area contributed by atoms with Crippen LogP contribution in [-0.2, 0) is 4.74 Å². The number of hydrogen-bond donors (Lipinski definition) is 1. The van der Waals surface area contributed by atoms with E-state index in [1.54, 1.807) is 13.1 Å². The average Bonchev–Trinajstić information content (AvgIpc) is 2.52. The maximum atomic E-state index is 10.9. The fraction of sp³-hybridized carbons (Fsp3) is 0.286. The van der Waals surface area contributed by atoms with Crippen molar-refractivity contribution in [2.75, 3.05) is 13.8 Å². The number of nitrogens with one attached hydrogen (secondary N) is 1. The first-order valence-electron chi connectivity index (χ1n) is 3.18. The predicted octanol–water partition coefficient (Wildman–Crippen LogP) is 0.613. The van der Waals surface area contributed by atoms with Crippen molar-refractivity contribution in [1.29, 1.82) is 0 Å². The van der Waals surface area contributed by atoms with Crippen molar-refractivity contribution in [1.82, 2.24) is 5.32 Å². The number of carbonyl (C=O) groups excluding carboxylic acids is 1. The molecule has 0 aliphatic rings. The first-order chi connectivity index (χ1) is 5.34. The molecule has 0 aromatic carbocycles. The Labute approximate surface area is 64.1 Å². The van der Waals surface area contributed by atoms with E-state index in [1.165, 1.54) is 12.5 Å². The lowest BCUT2D eigenvalue weighted by atomic mass is 10.3. The van der Waals surface area contributed by atoms with Crippen molar-refractivity contribution < 1.29 is 13.9 Å². The number of hydrogen-bond acceptors (Lipinski definition) is 4. The number of furan rings is 1. The van der Waals surface area contributed by atoms with E-state index in [0.717, 1.165) is 0 Å². The first-order valence-corrected chi connectivity index (χ1v) is 3.18. The molecule has 1 rings (SSSR count). The third kappa shape index (κ3) is 2.09. The van der Waals surface area contributed by atoms with Crippen LogP contribution in [0.1, 0.15) is 10.4 Å². The normalized spacial score (nSPS) is 9.55. The van der Waals surface area contributed by atoms with Gasteiger partial charge in [-0.25, -0.2) is 4.79 Å². The second-order valence-electron chi connectivity index (χ2n) is 1.94. The van der Waals surface area contributed by atoms with Gasteiger partial charge in [-0.3, -0.25) is 5.32 Å². The largest absolute Gasteiger partial charge is 0.472 e. The summed E-state index contributed by atoms with van der Waals surface area (Å²) in [5.74, 6) is -0.381. The lowest BCUT2D eigenvalue weighted by Gasteiger charge is -1.99. The van der Waals surface area contributed by atoms with Crippen LogP contribution < -0.4 is 5.32 Å². The van der Waals surface area contributed by atoms with Crippen LogP contribution in [0.3, 0.4) is 0 Å². The minimum atomic E-state index is -0.381. The van der Waals surface area contributed by atoms with E-state index in [-0.39, 0.29) is 12.7 Å². The van der Waals surface area contributed by atoms with Crippen molar-refractivity contribution in [3.05, 3.63) is 24.2 Å². The molecule has 11 heavy (non-hydrogen) atoms. The van der Waals surface area contributed by atoms with Gasteiger partial charge >= 0.3 is 5.97 Å². The van der Waals surface area contributed by atoms with E-state index in [1.807, 2.05) is 0 Å². The Balaban J connectivity index is 2.43. The van der Waals surface area contributed by atoms with Crippen molar-refractivity contribution in [2.45, 2.75) is 0 Å². The summed E-state index contributed by atoms with van der Waals surface area (Å²) in [5, 5.41) is 2.69. The molecule has 0 saturated heterocycles. The summed E-state index contributed by atoms with van der Waals surface area (Å²) >= 11 is 0. The molecule has 0 saturated carbocycles. The van der Waals surface area contributed by atoms with Gasteiger partial charge in [0.05, 0.1) is 11.8 Å². The molecule has 1 aromatic rings. The summed E-state index contributed by atoms with van der Waals surface area (Å²) in [6.45, 7) is 0.212. The van der Waals surface area contributed by atoms with E-state index in [2.05, 4.69) is 5.32 Å². The van der Waals surface area contributed by atoms with Crippen LogP contribution in [0.4, 0.5) is 0 Å². The van der Waals surface area contributed by atoms with Crippen LogP contribution in [0.5, 0.6) is 0 Å². The molecule has 0 radical (unpaired) electrons. The molecule has 1 aromatic heterocycles. The zero-order chi connectivity index (χ0) is 8.10. The van der Waals surface area contributed by atoms with Crippen LogP contribution in [0.2, 0.25) is 0 Å². The third-order valence-electron chi connectivity index (χ3n) is 1.10. The molecule has 1 heterocycles. The van der Waals surface area contributed by atoms with Gasteiger partial charge in [0.2, 0.25) is 0 Å². The van der Waals surface area contributed by atoms with Crippen LogP contribution in [0, 0.1) is 0 Å². The highest BCUT2D eigenvalue weighted by Crippen LogP contribution is 2.00. The Morgan fingerprint density at radius 2 is 2.64 bits per heavy atom. The van der Waals surface area contributed by atoms with Gasteiger partial charge in [0.15, 0.2) is 0 Å². The quantitative estimate of drug-likeness (QED) is 0.513. The summed E-state index contributed by atoms with van der Waals surface area (Å²) in [4.78, 5) is 10.9. The van der Waals surface area contributed by atoms with Crippen molar-refractivity contribution in [3.8, 4) is 0 Å². The van der Waals surface area contributed by atoms with Crippen LogP contribution in [0.25, 0.3) is 0 Å². The topological polar surface area (TPSA) is 51.5 Å². The summed E-state index contributed by atoms with van der Waals surface area (Å²) < 4.78 is 9.42. The molecule has 0 bridgehead atoms. The zero-order valence-electron chi connectivity index (χ0n) is 6.16. The molecular weight excluding hydrogens is 146 g/mol. The summed E-state index contributed by atoms with van der Waals surface area (Å²) in [7, 11) is 1.70. The highest BCUT2D eigenvalue weighted by atomic mass is 16.5. The Morgan fingerprint density at radius 1 is 1.82 bits per heavy atom. The molecule has 0 atom stereocenters. The summed E-state index contributed by atoms with van der Waals surface area (Å²) in [6, 6.07) is 1.55. The molecule has 4 heteroatoms. The average molecular weight is 155 g/mol. The predicted molar refractivity (Wildman–Crippen MR) is 38.1 cm³/mol. The fourth-order valence-corrected chi connectivity index (χ4v) is 0.602. The summed E-state index contributed by atoms with van der Waals surface area (Å²) in [5.41, 5.74) is 0.431. The minimum Gasteiger partial charge on any atom is -0.472 e. The molecule has 0 fully saturated rings.